The molecular formula is C12H20N2OS. The van der Waals surface area contributed by atoms with Crippen molar-refractivity contribution in [2.45, 2.75) is 26.2 Å². The van der Waals surface area contributed by atoms with Crippen LogP contribution in [-0.4, -0.2) is 27.2 Å². The molecule has 0 fully saturated rings. The third-order valence-electron chi connectivity index (χ3n) is 2.71. The molecule has 1 aromatic rings. The first kappa shape index (κ1) is 13.3. The summed E-state index contributed by atoms with van der Waals surface area (Å²) in [5.41, 5.74) is 1.76. The Kier molecular flexibility index (Phi) is 3.86. The number of hydrogen-bond acceptors (Lipinski definition) is 4. The predicted octanol–water partition coefficient (Wildman–Crippen LogP) is 1.60. The molecule has 0 aliphatic heterocycles. The van der Waals surface area contributed by atoms with Crippen molar-refractivity contribution in [3.8, 4) is 0 Å². The van der Waals surface area contributed by atoms with Crippen LogP contribution in [0.5, 0.6) is 0 Å². The van der Waals surface area contributed by atoms with E-state index in [4.69, 9.17) is 12.2 Å². The van der Waals surface area contributed by atoms with Crippen molar-refractivity contribution in [2.75, 3.05) is 32.1 Å². The quantitative estimate of drug-likeness (QED) is 0.810. The molecule has 1 rings (SSSR count). The third kappa shape index (κ3) is 2.33. The molecule has 0 bridgehead atoms. The zero-order valence-corrected chi connectivity index (χ0v) is 11.5. The summed E-state index contributed by atoms with van der Waals surface area (Å²) in [6.07, 6.45) is 0. The molecule has 0 unspecified atom stereocenters. The smallest absolute Gasteiger partial charge is 0.204 e. The van der Waals surface area contributed by atoms with Crippen molar-refractivity contribution in [1.82, 2.24) is 5.32 Å². The molecule has 0 aromatic heterocycles. The summed E-state index contributed by atoms with van der Waals surface area (Å²) >= 11 is 5.13. The number of nitrogens with one attached hydrogen (secondary N) is 1. The summed E-state index contributed by atoms with van der Waals surface area (Å²) in [6.45, 7) is 7.89. The molecule has 0 radical (unpaired) electrons. The van der Waals surface area contributed by atoms with Crippen LogP contribution in [0.3, 0.4) is 0 Å². The third-order valence-corrected chi connectivity index (χ3v) is 3.09. The number of anilines is 1. The molecule has 16 heavy (non-hydrogen) atoms. The second-order valence-electron chi connectivity index (χ2n) is 5.16. The Labute approximate surface area is 102 Å². The average Bonchev–Trinajstić information content (AvgIpc) is 2.18. The van der Waals surface area contributed by atoms with Crippen LogP contribution in [0.25, 0.3) is 0 Å². The van der Waals surface area contributed by atoms with Crippen molar-refractivity contribution in [3.63, 3.8) is 0 Å². The molecule has 0 heterocycles. The molecule has 4 heteroatoms. The van der Waals surface area contributed by atoms with E-state index in [0.717, 1.165) is 24.3 Å². The van der Waals surface area contributed by atoms with Crippen LogP contribution in [0, 0.1) is 4.51 Å². The summed E-state index contributed by atoms with van der Waals surface area (Å²) in [5.74, 6) is 0. The van der Waals surface area contributed by atoms with Crippen LogP contribution in [0.1, 0.15) is 26.3 Å². The van der Waals surface area contributed by atoms with Gasteiger partial charge in [-0.05, 0) is 12.5 Å². The standard InChI is InChI=1S/C12H20N2OS/c1-12(2,3)8-9(11(16)10(8)15)14(5)7-6-13-4/h13H,6-7H2,1-5H3. The number of hydrogen-bond donors (Lipinski definition) is 1. The van der Waals surface area contributed by atoms with Gasteiger partial charge in [0.05, 0.1) is 5.69 Å². The van der Waals surface area contributed by atoms with Crippen molar-refractivity contribution in [3.05, 3.63) is 20.3 Å². The lowest BCUT2D eigenvalue weighted by Crippen LogP contribution is -2.37. The van der Waals surface area contributed by atoms with Gasteiger partial charge in [0.1, 0.15) is 4.51 Å². The summed E-state index contributed by atoms with van der Waals surface area (Å²) in [5, 5.41) is 3.09. The maximum atomic E-state index is 11.8. The van der Waals surface area contributed by atoms with Crippen LogP contribution in [0.15, 0.2) is 4.79 Å². The van der Waals surface area contributed by atoms with Crippen LogP contribution < -0.4 is 15.6 Å². The minimum Gasteiger partial charge on any atom is -0.372 e. The molecule has 0 atom stereocenters. The predicted molar refractivity (Wildman–Crippen MR) is 71.8 cm³/mol. The maximum absolute atomic E-state index is 11.8. The first-order valence-corrected chi connectivity index (χ1v) is 5.91. The van der Waals surface area contributed by atoms with Gasteiger partial charge in [0.25, 0.3) is 0 Å². The lowest BCUT2D eigenvalue weighted by atomic mass is 9.82. The second-order valence-corrected chi connectivity index (χ2v) is 5.57. The van der Waals surface area contributed by atoms with Gasteiger partial charge >= 0.3 is 0 Å². The van der Waals surface area contributed by atoms with E-state index < -0.39 is 0 Å². The van der Waals surface area contributed by atoms with Gasteiger partial charge in [-0.15, -0.1) is 0 Å². The van der Waals surface area contributed by atoms with E-state index in [1.54, 1.807) is 0 Å². The lowest BCUT2D eigenvalue weighted by Gasteiger charge is -2.30. The Bertz CT molecular complexity index is 438. The van der Waals surface area contributed by atoms with Gasteiger partial charge in [0, 0.05) is 25.7 Å². The largest absolute Gasteiger partial charge is 0.372 e. The highest BCUT2D eigenvalue weighted by Gasteiger charge is 2.29. The highest BCUT2D eigenvalue weighted by atomic mass is 32.1. The van der Waals surface area contributed by atoms with Gasteiger partial charge in [-0.2, -0.15) is 0 Å². The lowest BCUT2D eigenvalue weighted by molar-refractivity contribution is 0.577. The topological polar surface area (TPSA) is 32.3 Å². The zero-order valence-electron chi connectivity index (χ0n) is 10.7. The molecule has 3 nitrogen and oxygen atoms in total. The van der Waals surface area contributed by atoms with Crippen molar-refractivity contribution >= 4 is 17.9 Å². The molecular weight excluding hydrogens is 220 g/mol. The Morgan fingerprint density at radius 1 is 1.38 bits per heavy atom. The van der Waals surface area contributed by atoms with E-state index in [2.05, 4.69) is 10.2 Å². The van der Waals surface area contributed by atoms with E-state index in [-0.39, 0.29) is 10.8 Å². The molecule has 90 valence electrons. The normalized spacial score (nSPS) is 12.1. The number of nitrogens with zero attached hydrogens (tertiary/aromatic N) is 1. The molecule has 0 saturated carbocycles. The van der Waals surface area contributed by atoms with E-state index in [1.165, 1.54) is 0 Å². The first-order valence-electron chi connectivity index (χ1n) is 5.50. The molecule has 0 spiro atoms. The SMILES string of the molecule is CNCCN(C)c1c(C(C)(C)C)c(=O)c1=S. The maximum Gasteiger partial charge on any atom is 0.204 e. The fraction of sp³-hybridized carbons (Fsp3) is 0.667. The first-order chi connectivity index (χ1) is 7.30. The minimum atomic E-state index is -0.122. The second kappa shape index (κ2) is 4.63. The van der Waals surface area contributed by atoms with Gasteiger partial charge in [-0.1, -0.05) is 33.0 Å². The number of rotatable bonds is 4. The monoisotopic (exact) mass is 240 g/mol. The van der Waals surface area contributed by atoms with Crippen molar-refractivity contribution in [1.29, 1.82) is 0 Å². The van der Waals surface area contributed by atoms with E-state index in [1.807, 2.05) is 34.9 Å². The summed E-state index contributed by atoms with van der Waals surface area (Å²) in [7, 11) is 3.90. The Morgan fingerprint density at radius 2 is 1.94 bits per heavy atom. The minimum absolute atomic E-state index is 0.0498. The summed E-state index contributed by atoms with van der Waals surface area (Å²) < 4.78 is 0.489. The van der Waals surface area contributed by atoms with E-state index in [9.17, 15) is 4.79 Å². The highest BCUT2D eigenvalue weighted by molar-refractivity contribution is 7.71. The Balaban J connectivity index is 3.02. The average molecular weight is 240 g/mol. The molecule has 0 aliphatic carbocycles. The summed E-state index contributed by atoms with van der Waals surface area (Å²) in [6, 6.07) is 0. The van der Waals surface area contributed by atoms with E-state index >= 15 is 0 Å². The van der Waals surface area contributed by atoms with Crippen LogP contribution in [0.4, 0.5) is 5.69 Å². The van der Waals surface area contributed by atoms with Gasteiger partial charge in [0.2, 0.25) is 5.43 Å². The molecule has 0 amide bonds. The summed E-state index contributed by atoms with van der Waals surface area (Å²) in [4.78, 5) is 13.8. The molecule has 0 saturated heterocycles. The fourth-order valence-electron chi connectivity index (χ4n) is 1.83. The van der Waals surface area contributed by atoms with Crippen LogP contribution in [-0.2, 0) is 5.41 Å². The number of likely N-dealkylation sites (N-methyl/N-ethyl adjacent to an activating group) is 2. The molecule has 1 N–H and O–H groups in total. The van der Waals surface area contributed by atoms with Gasteiger partial charge < -0.3 is 10.2 Å². The van der Waals surface area contributed by atoms with Gasteiger partial charge in [-0.3, -0.25) is 4.79 Å². The Morgan fingerprint density at radius 3 is 2.38 bits per heavy atom. The van der Waals surface area contributed by atoms with Crippen molar-refractivity contribution in [2.24, 2.45) is 0 Å². The van der Waals surface area contributed by atoms with Gasteiger partial charge in [0.15, 0.2) is 0 Å². The zero-order chi connectivity index (χ0) is 12.5. The Hall–Kier alpha value is -0.740. The highest BCUT2D eigenvalue weighted by Crippen LogP contribution is 2.32. The van der Waals surface area contributed by atoms with Crippen molar-refractivity contribution < 1.29 is 0 Å². The fourth-order valence-corrected chi connectivity index (χ4v) is 2.19. The molecule has 1 aromatic carbocycles. The van der Waals surface area contributed by atoms with Gasteiger partial charge in [-0.25, -0.2) is 0 Å². The van der Waals surface area contributed by atoms with Crippen LogP contribution >= 0.6 is 12.2 Å². The van der Waals surface area contributed by atoms with Crippen LogP contribution in [0.2, 0.25) is 0 Å². The molecule has 0 aliphatic rings. The van der Waals surface area contributed by atoms with E-state index in [0.29, 0.717) is 4.51 Å².